The maximum Gasteiger partial charge on any atom is 0.0798 e. The fraction of sp³-hybridized carbons (Fsp3) is 0.667. The maximum atomic E-state index is 5.51. The van der Waals surface area contributed by atoms with Gasteiger partial charge < -0.3 is 9.64 Å². The van der Waals surface area contributed by atoms with Crippen LogP contribution in [0.5, 0.6) is 0 Å². The summed E-state index contributed by atoms with van der Waals surface area (Å²) in [4.78, 5) is 9.54. The molecule has 3 heterocycles. The van der Waals surface area contributed by atoms with Crippen molar-refractivity contribution in [2.24, 2.45) is 0 Å². The first-order valence-electron chi connectivity index (χ1n) is 7.51. The highest BCUT2D eigenvalue weighted by molar-refractivity contribution is 8.09. The average Bonchev–Trinajstić information content (AvgIpc) is 3.15. The Morgan fingerprint density at radius 3 is 2.95 bits per heavy atom. The molecule has 110 valence electrons. The van der Waals surface area contributed by atoms with Crippen molar-refractivity contribution in [3.05, 3.63) is 22.8 Å². The van der Waals surface area contributed by atoms with Gasteiger partial charge in [-0.2, -0.15) is 0 Å². The molecule has 2 aliphatic rings. The Hall–Kier alpha value is -0.520. The molecule has 2 aliphatic heterocycles. The van der Waals surface area contributed by atoms with Crippen LogP contribution >= 0.6 is 23.1 Å². The minimum Gasteiger partial charge on any atom is -0.381 e. The van der Waals surface area contributed by atoms with Crippen LogP contribution < -0.4 is 0 Å². The van der Waals surface area contributed by atoms with Crippen LogP contribution in [0.4, 0.5) is 0 Å². The first-order valence-corrected chi connectivity index (χ1v) is 9.27. The monoisotopic (exact) mass is 310 g/mol. The van der Waals surface area contributed by atoms with Crippen molar-refractivity contribution < 1.29 is 4.74 Å². The summed E-state index contributed by atoms with van der Waals surface area (Å²) in [6.45, 7) is 4.10. The molecule has 3 rings (SSSR count). The molecule has 0 amide bonds. The lowest BCUT2D eigenvalue weighted by Crippen LogP contribution is -2.39. The summed E-state index contributed by atoms with van der Waals surface area (Å²) in [5.74, 6) is 0. The van der Waals surface area contributed by atoms with Gasteiger partial charge in [0.05, 0.1) is 15.8 Å². The quantitative estimate of drug-likeness (QED) is 0.814. The van der Waals surface area contributed by atoms with Crippen molar-refractivity contribution in [2.45, 2.75) is 50.4 Å². The lowest BCUT2D eigenvalue weighted by atomic mass is 10.1. The van der Waals surface area contributed by atoms with E-state index in [0.29, 0.717) is 11.4 Å². The van der Waals surface area contributed by atoms with E-state index in [2.05, 4.69) is 23.0 Å². The zero-order chi connectivity index (χ0) is 13.8. The van der Waals surface area contributed by atoms with Gasteiger partial charge in [-0.15, -0.1) is 11.3 Å². The Morgan fingerprint density at radius 2 is 2.25 bits per heavy atom. The molecule has 1 saturated heterocycles. The molecule has 20 heavy (non-hydrogen) atoms. The highest BCUT2D eigenvalue weighted by atomic mass is 32.2. The lowest BCUT2D eigenvalue weighted by Gasteiger charge is -2.35. The van der Waals surface area contributed by atoms with Crippen LogP contribution in [0.1, 0.15) is 43.9 Å². The largest absolute Gasteiger partial charge is 0.381 e. The first kappa shape index (κ1) is 14.4. The van der Waals surface area contributed by atoms with E-state index in [9.17, 15) is 0 Å². The average molecular weight is 310 g/mol. The second-order valence-electron chi connectivity index (χ2n) is 5.36. The molecule has 1 aromatic rings. The molecule has 1 atom stereocenters. The Bertz CT molecular complexity index is 441. The van der Waals surface area contributed by atoms with Gasteiger partial charge in [-0.05, 0) is 19.3 Å². The van der Waals surface area contributed by atoms with Crippen molar-refractivity contribution in [3.8, 4) is 0 Å². The molecule has 0 aliphatic carbocycles. The fourth-order valence-corrected chi connectivity index (χ4v) is 4.92. The molecule has 0 radical (unpaired) electrons. The highest BCUT2D eigenvalue weighted by Crippen LogP contribution is 2.44. The van der Waals surface area contributed by atoms with Crippen LogP contribution in [-0.2, 0) is 4.74 Å². The number of rotatable bonds is 5. The van der Waals surface area contributed by atoms with Gasteiger partial charge in [0, 0.05) is 36.6 Å². The normalized spacial score (nSPS) is 24.1. The summed E-state index contributed by atoms with van der Waals surface area (Å²) >= 11 is 3.77. The third-order valence-electron chi connectivity index (χ3n) is 3.95. The van der Waals surface area contributed by atoms with Gasteiger partial charge in [-0.25, -0.2) is 0 Å². The number of hydrogen-bond donors (Lipinski definition) is 0. The molecule has 3 nitrogen and oxygen atoms in total. The van der Waals surface area contributed by atoms with Gasteiger partial charge in [-0.1, -0.05) is 31.5 Å². The Kier molecular flexibility index (Phi) is 5.02. The molecular weight excluding hydrogens is 288 g/mol. The summed E-state index contributed by atoms with van der Waals surface area (Å²) in [7, 11) is 0. The number of hydrogen-bond acceptors (Lipinski definition) is 5. The third-order valence-corrected chi connectivity index (χ3v) is 6.22. The van der Waals surface area contributed by atoms with Gasteiger partial charge in [0.15, 0.2) is 0 Å². The predicted octanol–water partition coefficient (Wildman–Crippen LogP) is 4.19. The first-order chi connectivity index (χ1) is 9.88. The molecule has 1 fully saturated rings. The van der Waals surface area contributed by atoms with Gasteiger partial charge in [0.1, 0.15) is 0 Å². The molecule has 1 unspecified atom stereocenters. The van der Waals surface area contributed by atoms with Gasteiger partial charge in [0.2, 0.25) is 0 Å². The van der Waals surface area contributed by atoms with Crippen LogP contribution in [0.25, 0.3) is 4.91 Å². The number of aromatic nitrogens is 1. The number of nitrogens with zero attached hydrogens (tertiary/aromatic N) is 2. The lowest BCUT2D eigenvalue weighted by molar-refractivity contribution is 0.0467. The van der Waals surface area contributed by atoms with E-state index in [1.165, 1.54) is 29.0 Å². The summed E-state index contributed by atoms with van der Waals surface area (Å²) in [5.41, 5.74) is 1.93. The summed E-state index contributed by atoms with van der Waals surface area (Å²) in [6.07, 6.45) is 10.6. The van der Waals surface area contributed by atoms with E-state index in [4.69, 9.17) is 4.74 Å². The molecular formula is C15H22N2OS2. The van der Waals surface area contributed by atoms with E-state index in [1.54, 1.807) is 11.3 Å². The second-order valence-corrected chi connectivity index (χ2v) is 7.47. The van der Waals surface area contributed by atoms with Crippen molar-refractivity contribution in [1.82, 2.24) is 9.88 Å². The number of unbranched alkanes of at least 4 members (excludes halogenated alkanes) is 1. The SMILES string of the molecule is CCCCC1SC(c2cncs2)=CN1C1CCOCC1. The van der Waals surface area contributed by atoms with Crippen molar-refractivity contribution in [3.63, 3.8) is 0 Å². The zero-order valence-corrected chi connectivity index (χ0v) is 13.6. The number of thioether (sulfide) groups is 1. The number of thiazole rings is 1. The molecule has 0 saturated carbocycles. The van der Waals surface area contributed by atoms with E-state index in [1.807, 2.05) is 23.5 Å². The predicted molar refractivity (Wildman–Crippen MR) is 86.7 cm³/mol. The molecule has 0 aromatic carbocycles. The molecule has 0 N–H and O–H groups in total. The van der Waals surface area contributed by atoms with E-state index < -0.39 is 0 Å². The minimum absolute atomic E-state index is 0.607. The Balaban J connectivity index is 1.74. The zero-order valence-electron chi connectivity index (χ0n) is 12.0. The highest BCUT2D eigenvalue weighted by Gasteiger charge is 2.32. The smallest absolute Gasteiger partial charge is 0.0798 e. The van der Waals surface area contributed by atoms with Crippen LogP contribution in [0.15, 0.2) is 17.9 Å². The Labute approximate surface area is 129 Å². The minimum atomic E-state index is 0.607. The van der Waals surface area contributed by atoms with Crippen LogP contribution in [0.3, 0.4) is 0 Å². The van der Waals surface area contributed by atoms with Crippen LogP contribution in [0.2, 0.25) is 0 Å². The molecule has 0 spiro atoms. The maximum absolute atomic E-state index is 5.51. The number of ether oxygens (including phenoxy) is 1. The van der Waals surface area contributed by atoms with E-state index >= 15 is 0 Å². The van der Waals surface area contributed by atoms with Gasteiger partial charge in [0.25, 0.3) is 0 Å². The Morgan fingerprint density at radius 1 is 1.40 bits per heavy atom. The molecule has 0 bridgehead atoms. The summed E-state index contributed by atoms with van der Waals surface area (Å²) in [6, 6.07) is 0.656. The van der Waals surface area contributed by atoms with Gasteiger partial charge >= 0.3 is 0 Å². The van der Waals surface area contributed by atoms with Crippen molar-refractivity contribution in [1.29, 1.82) is 0 Å². The van der Waals surface area contributed by atoms with Crippen molar-refractivity contribution in [2.75, 3.05) is 13.2 Å². The van der Waals surface area contributed by atoms with E-state index in [0.717, 1.165) is 26.1 Å². The standard InChI is InChI=1S/C15H22N2OS2/c1-2-3-4-15-17(12-5-7-18-8-6-12)10-14(20-15)13-9-16-11-19-13/h9-12,15H,2-8H2,1H3. The topological polar surface area (TPSA) is 25.4 Å². The van der Waals surface area contributed by atoms with Gasteiger partial charge in [-0.3, -0.25) is 4.98 Å². The fourth-order valence-electron chi connectivity index (χ4n) is 2.83. The summed E-state index contributed by atoms with van der Waals surface area (Å²) < 4.78 is 5.51. The van der Waals surface area contributed by atoms with E-state index in [-0.39, 0.29) is 0 Å². The van der Waals surface area contributed by atoms with Crippen molar-refractivity contribution >= 4 is 28.0 Å². The third kappa shape index (κ3) is 3.21. The summed E-state index contributed by atoms with van der Waals surface area (Å²) in [5, 5.41) is 0.607. The second kappa shape index (κ2) is 6.96. The van der Waals surface area contributed by atoms with Crippen LogP contribution in [0, 0.1) is 0 Å². The molecule has 5 heteroatoms. The van der Waals surface area contributed by atoms with Crippen LogP contribution in [-0.4, -0.2) is 34.5 Å². The molecule has 1 aromatic heterocycles.